The van der Waals surface area contributed by atoms with Crippen LogP contribution >= 0.6 is 0 Å². The summed E-state index contributed by atoms with van der Waals surface area (Å²) < 4.78 is 31.5. The molecule has 0 spiro atoms. The standard InChI is InChI=1S/C33H32N2O7/c1-38-26-16-14-25(15-17-26)33(23-9-5-3-6-10-23,24-11-7-4-8-12-24)40-21-28-27-19-29(41-28)35-20-22(13-18-30(36)39-2)31(37)34-32(35)42-27/h3-12,14-17,20,27-29H,13,18-19,21H2,1-2H3/t27-,28-,29-/m1/s1. The number of carbonyl (C=O) groups is 1. The second-order valence-electron chi connectivity index (χ2n) is 10.3. The molecule has 3 atom stereocenters. The molecule has 3 aromatic carbocycles. The molecular formula is C33H32N2O7. The summed E-state index contributed by atoms with van der Waals surface area (Å²) in [5, 5.41) is 0. The van der Waals surface area contributed by atoms with Gasteiger partial charge in [-0.2, -0.15) is 4.98 Å². The van der Waals surface area contributed by atoms with Gasteiger partial charge in [-0.25, -0.2) is 0 Å². The van der Waals surface area contributed by atoms with Crippen molar-refractivity contribution in [2.45, 2.75) is 43.3 Å². The smallest absolute Gasteiger partial charge is 0.305 e. The van der Waals surface area contributed by atoms with Gasteiger partial charge >= 0.3 is 12.0 Å². The Kier molecular flexibility index (Phi) is 7.78. The normalized spacial score (nSPS) is 19.0. The summed E-state index contributed by atoms with van der Waals surface area (Å²) in [4.78, 5) is 28.4. The molecule has 4 aromatic rings. The Balaban J connectivity index is 1.31. The molecule has 9 nitrogen and oxygen atoms in total. The van der Waals surface area contributed by atoms with Crippen LogP contribution in [0, 0.1) is 0 Å². The number of ether oxygens (including phenoxy) is 5. The Morgan fingerprint density at radius 3 is 2.21 bits per heavy atom. The van der Waals surface area contributed by atoms with Crippen LogP contribution in [-0.2, 0) is 31.0 Å². The van der Waals surface area contributed by atoms with Crippen molar-refractivity contribution in [1.29, 1.82) is 0 Å². The molecule has 0 amide bonds. The first-order valence-corrected chi connectivity index (χ1v) is 13.9. The van der Waals surface area contributed by atoms with E-state index in [1.165, 1.54) is 7.11 Å². The van der Waals surface area contributed by atoms with Crippen molar-refractivity contribution in [1.82, 2.24) is 9.55 Å². The number of methoxy groups -OCH3 is 2. The molecule has 2 aliphatic rings. The van der Waals surface area contributed by atoms with Gasteiger partial charge in [-0.3, -0.25) is 14.2 Å². The molecular weight excluding hydrogens is 536 g/mol. The predicted octanol–water partition coefficient (Wildman–Crippen LogP) is 4.41. The fourth-order valence-electron chi connectivity index (χ4n) is 5.71. The second kappa shape index (κ2) is 11.8. The highest BCUT2D eigenvalue weighted by Crippen LogP contribution is 2.43. The van der Waals surface area contributed by atoms with E-state index >= 15 is 0 Å². The van der Waals surface area contributed by atoms with Gasteiger partial charge in [0.2, 0.25) is 0 Å². The van der Waals surface area contributed by atoms with Crippen molar-refractivity contribution >= 4 is 5.97 Å². The summed E-state index contributed by atoms with van der Waals surface area (Å²) >= 11 is 0. The van der Waals surface area contributed by atoms with E-state index in [1.54, 1.807) is 17.9 Å². The molecule has 0 aliphatic carbocycles. The highest BCUT2D eigenvalue weighted by Gasteiger charge is 2.46. The third kappa shape index (κ3) is 5.17. The molecule has 0 N–H and O–H groups in total. The monoisotopic (exact) mass is 568 g/mol. The summed E-state index contributed by atoms with van der Waals surface area (Å²) in [6, 6.07) is 28.3. The van der Waals surface area contributed by atoms with E-state index in [4.69, 9.17) is 23.7 Å². The molecule has 1 aromatic heterocycles. The van der Waals surface area contributed by atoms with Crippen LogP contribution < -0.4 is 15.0 Å². The number of carbonyl (C=O) groups excluding carboxylic acids is 1. The number of esters is 1. The Bertz CT molecular complexity index is 1550. The number of benzene rings is 3. The zero-order valence-electron chi connectivity index (χ0n) is 23.5. The van der Waals surface area contributed by atoms with E-state index in [0.717, 1.165) is 22.4 Å². The Hall–Kier alpha value is -4.47. The third-order valence-corrected chi connectivity index (χ3v) is 7.88. The molecule has 0 saturated carbocycles. The molecule has 2 bridgehead atoms. The molecule has 3 heterocycles. The van der Waals surface area contributed by atoms with E-state index in [2.05, 4.69) is 29.2 Å². The first-order chi connectivity index (χ1) is 20.5. The highest BCUT2D eigenvalue weighted by atomic mass is 16.6. The fourth-order valence-corrected chi connectivity index (χ4v) is 5.71. The van der Waals surface area contributed by atoms with Gasteiger partial charge in [-0.1, -0.05) is 72.8 Å². The highest BCUT2D eigenvalue weighted by molar-refractivity contribution is 5.69. The van der Waals surface area contributed by atoms with Crippen LogP contribution in [0.4, 0.5) is 0 Å². The van der Waals surface area contributed by atoms with E-state index in [9.17, 15) is 9.59 Å². The van der Waals surface area contributed by atoms with Crippen molar-refractivity contribution in [2.24, 2.45) is 0 Å². The maximum Gasteiger partial charge on any atom is 0.305 e. The number of aromatic nitrogens is 2. The van der Waals surface area contributed by atoms with Gasteiger partial charge in [0.1, 0.15) is 29.8 Å². The van der Waals surface area contributed by atoms with Gasteiger partial charge in [0.05, 0.1) is 20.8 Å². The summed E-state index contributed by atoms with van der Waals surface area (Å²) in [6.45, 7) is 0.213. The number of fused-ring (bicyclic) bond motifs is 4. The van der Waals surface area contributed by atoms with Crippen molar-refractivity contribution in [2.75, 3.05) is 20.8 Å². The van der Waals surface area contributed by atoms with Gasteiger partial charge in [-0.05, 0) is 35.2 Å². The Morgan fingerprint density at radius 1 is 0.952 bits per heavy atom. The fraction of sp³-hybridized carbons (Fsp3) is 0.303. The van der Waals surface area contributed by atoms with E-state index in [1.807, 2.05) is 60.7 Å². The predicted molar refractivity (Wildman–Crippen MR) is 153 cm³/mol. The molecule has 1 saturated heterocycles. The minimum Gasteiger partial charge on any atom is -0.497 e. The largest absolute Gasteiger partial charge is 0.497 e. The number of nitrogens with zero attached hydrogens (tertiary/aromatic N) is 2. The first kappa shape index (κ1) is 27.7. The van der Waals surface area contributed by atoms with Gasteiger partial charge < -0.3 is 23.7 Å². The van der Waals surface area contributed by atoms with Gasteiger partial charge in [-0.15, -0.1) is 0 Å². The maximum absolute atomic E-state index is 12.6. The molecule has 6 rings (SSSR count). The van der Waals surface area contributed by atoms with Crippen molar-refractivity contribution in [3.8, 4) is 11.8 Å². The summed E-state index contributed by atoms with van der Waals surface area (Å²) in [6.07, 6.45) is 1.42. The zero-order chi connectivity index (χ0) is 29.1. The molecule has 1 fully saturated rings. The van der Waals surface area contributed by atoms with E-state index in [0.29, 0.717) is 12.0 Å². The summed E-state index contributed by atoms with van der Waals surface area (Å²) in [7, 11) is 2.97. The lowest BCUT2D eigenvalue weighted by Crippen LogP contribution is -2.39. The quantitative estimate of drug-likeness (QED) is 0.205. The summed E-state index contributed by atoms with van der Waals surface area (Å²) in [5.41, 5.74) is 1.90. The van der Waals surface area contributed by atoms with Gasteiger partial charge in [0.25, 0.3) is 5.56 Å². The molecule has 216 valence electrons. The molecule has 0 unspecified atom stereocenters. The number of hydrogen-bond acceptors (Lipinski definition) is 8. The number of aryl methyl sites for hydroxylation is 1. The van der Waals surface area contributed by atoms with Crippen molar-refractivity contribution in [3.05, 3.63) is 124 Å². The van der Waals surface area contributed by atoms with Crippen LogP contribution in [0.5, 0.6) is 11.8 Å². The first-order valence-electron chi connectivity index (χ1n) is 13.9. The van der Waals surface area contributed by atoms with Crippen molar-refractivity contribution < 1.29 is 28.5 Å². The average Bonchev–Trinajstić information content (AvgIpc) is 3.38. The number of rotatable bonds is 10. The molecule has 9 heteroatoms. The maximum atomic E-state index is 12.6. The topological polar surface area (TPSA) is 98.1 Å². The van der Waals surface area contributed by atoms with Crippen LogP contribution in [0.25, 0.3) is 0 Å². The lowest BCUT2D eigenvalue weighted by Gasteiger charge is -2.37. The van der Waals surface area contributed by atoms with Gasteiger partial charge in [0, 0.05) is 24.6 Å². The summed E-state index contributed by atoms with van der Waals surface area (Å²) in [5.74, 6) is 0.362. The number of hydrogen-bond donors (Lipinski definition) is 0. The minimum atomic E-state index is -0.948. The molecule has 2 aliphatic heterocycles. The van der Waals surface area contributed by atoms with Crippen LogP contribution in [0.15, 0.2) is 95.9 Å². The minimum absolute atomic E-state index is 0.0879. The Labute approximate surface area is 243 Å². The van der Waals surface area contributed by atoms with E-state index in [-0.39, 0.29) is 43.8 Å². The van der Waals surface area contributed by atoms with Gasteiger partial charge in [0.15, 0.2) is 0 Å². The van der Waals surface area contributed by atoms with Crippen LogP contribution in [0.1, 0.15) is 41.3 Å². The zero-order valence-corrected chi connectivity index (χ0v) is 23.5. The average molecular weight is 569 g/mol. The lowest BCUT2D eigenvalue weighted by atomic mass is 9.80. The van der Waals surface area contributed by atoms with Crippen LogP contribution in [-0.4, -0.2) is 48.6 Å². The third-order valence-electron chi connectivity index (χ3n) is 7.88. The lowest BCUT2D eigenvalue weighted by molar-refractivity contribution is -0.140. The molecule has 0 radical (unpaired) electrons. The van der Waals surface area contributed by atoms with Crippen LogP contribution in [0.3, 0.4) is 0 Å². The second-order valence-corrected chi connectivity index (χ2v) is 10.3. The van der Waals surface area contributed by atoms with E-state index < -0.39 is 17.3 Å². The van der Waals surface area contributed by atoms with Crippen molar-refractivity contribution in [3.63, 3.8) is 0 Å². The van der Waals surface area contributed by atoms with Crippen LogP contribution in [0.2, 0.25) is 0 Å². The Morgan fingerprint density at radius 2 is 1.60 bits per heavy atom. The SMILES string of the molecule is COC(=O)CCc1cn2c(nc1=O)O[C@@H]1C[C@H]2O[C@@H]1COC(c1ccccc1)(c1ccccc1)c1ccc(OC)cc1. The molecule has 42 heavy (non-hydrogen) atoms.